The molecule has 2 aromatic rings. The molecule has 1 aromatic carbocycles. The van der Waals surface area contributed by atoms with Crippen LogP contribution in [0.2, 0.25) is 0 Å². The zero-order valence-electron chi connectivity index (χ0n) is 22.7. The lowest BCUT2D eigenvalue weighted by Gasteiger charge is -2.28. The number of hydrogen-bond acceptors (Lipinski definition) is 6. The molecule has 0 saturated carbocycles. The third-order valence-electron chi connectivity index (χ3n) is 6.77. The molecule has 3 amide bonds. The number of amides is 3. The summed E-state index contributed by atoms with van der Waals surface area (Å²) in [5.74, 6) is -2.48. The fourth-order valence-corrected chi connectivity index (χ4v) is 4.48. The number of nitrogens with two attached hydrogens (primary N) is 1. The molecule has 0 aliphatic carbocycles. The number of aliphatic carboxylic acids is 1. The van der Waals surface area contributed by atoms with E-state index in [-0.39, 0.29) is 18.3 Å². The lowest BCUT2D eigenvalue weighted by molar-refractivity contribution is -0.142. The molecule has 0 fully saturated rings. The zero-order valence-corrected chi connectivity index (χ0v) is 23.6. The Hall–Kier alpha value is -3.05. The van der Waals surface area contributed by atoms with Gasteiger partial charge in [0.15, 0.2) is 0 Å². The van der Waals surface area contributed by atoms with Crippen molar-refractivity contribution in [1.29, 1.82) is 0 Å². The summed E-state index contributed by atoms with van der Waals surface area (Å²) in [6, 6.07) is 3.70. The molecule has 1 heterocycles. The Balaban J connectivity index is 2.19. The number of aromatic nitrogens is 1. The summed E-state index contributed by atoms with van der Waals surface area (Å²) in [6.45, 7) is 7.33. The zero-order chi connectivity index (χ0) is 28.4. The standard InChI is InChI=1S/C27H41N5O5S/c1-6-16(4)23(32-24(33)20(11-12-38-5)30-25(34)22(28)15(2)3)26(35)31-21(27(36)37)13-17-14-29-19-10-8-7-9-18(17)19/h7-10,14-16,20-23,29H,6,11-13,28H2,1-5H3,(H,30,34)(H,31,35)(H,32,33)(H,36,37). The van der Waals surface area contributed by atoms with Crippen LogP contribution in [0.15, 0.2) is 30.5 Å². The summed E-state index contributed by atoms with van der Waals surface area (Å²) < 4.78 is 0. The highest BCUT2D eigenvalue weighted by atomic mass is 32.2. The molecule has 38 heavy (non-hydrogen) atoms. The second-order valence-electron chi connectivity index (χ2n) is 9.95. The highest BCUT2D eigenvalue weighted by Crippen LogP contribution is 2.19. The number of carbonyl (C=O) groups is 4. The summed E-state index contributed by atoms with van der Waals surface area (Å²) >= 11 is 1.53. The third kappa shape index (κ3) is 8.49. The molecule has 0 aliphatic rings. The van der Waals surface area contributed by atoms with E-state index in [2.05, 4.69) is 20.9 Å². The fourth-order valence-electron chi connectivity index (χ4n) is 4.01. The number of rotatable bonds is 15. The van der Waals surface area contributed by atoms with Gasteiger partial charge in [-0.05, 0) is 41.9 Å². The first-order valence-corrected chi connectivity index (χ1v) is 14.3. The van der Waals surface area contributed by atoms with E-state index in [4.69, 9.17) is 5.73 Å². The number of carboxylic acid groups (broad SMARTS) is 1. The van der Waals surface area contributed by atoms with Gasteiger partial charge in [-0.1, -0.05) is 52.3 Å². The maximum absolute atomic E-state index is 13.3. The third-order valence-corrected chi connectivity index (χ3v) is 7.42. The van der Waals surface area contributed by atoms with Crippen LogP contribution in [0.25, 0.3) is 10.9 Å². The Kier molecular flexibility index (Phi) is 12.1. The SMILES string of the molecule is CCC(C)C(NC(=O)C(CCSC)NC(=O)C(N)C(C)C)C(=O)NC(Cc1c[nH]c2ccccc12)C(=O)O. The smallest absolute Gasteiger partial charge is 0.326 e. The van der Waals surface area contributed by atoms with Crippen LogP contribution in [-0.4, -0.2) is 70.0 Å². The van der Waals surface area contributed by atoms with Crippen LogP contribution in [0, 0.1) is 11.8 Å². The molecule has 5 unspecified atom stereocenters. The summed E-state index contributed by atoms with van der Waals surface area (Å²) in [5, 5.41) is 18.8. The molecule has 10 nitrogen and oxygen atoms in total. The van der Waals surface area contributed by atoms with Gasteiger partial charge in [-0.2, -0.15) is 11.8 Å². The number of hydrogen-bond donors (Lipinski definition) is 6. The summed E-state index contributed by atoms with van der Waals surface area (Å²) in [4.78, 5) is 54.3. The monoisotopic (exact) mass is 547 g/mol. The van der Waals surface area contributed by atoms with Crippen molar-refractivity contribution in [2.75, 3.05) is 12.0 Å². The van der Waals surface area contributed by atoms with Gasteiger partial charge in [0.25, 0.3) is 0 Å². The topological polar surface area (TPSA) is 166 Å². The number of benzene rings is 1. The molecule has 7 N–H and O–H groups in total. The number of para-hydroxylation sites is 1. The number of aromatic amines is 1. The molecule has 0 bridgehead atoms. The van der Waals surface area contributed by atoms with Gasteiger partial charge in [0, 0.05) is 23.5 Å². The number of carboxylic acids is 1. The average molecular weight is 548 g/mol. The molecule has 0 saturated heterocycles. The largest absolute Gasteiger partial charge is 0.480 e. The van der Waals surface area contributed by atoms with Crippen LogP contribution >= 0.6 is 11.8 Å². The Morgan fingerprint density at radius 3 is 2.26 bits per heavy atom. The number of nitrogens with one attached hydrogen (secondary N) is 4. The summed E-state index contributed by atoms with van der Waals surface area (Å²) in [6.07, 6.45) is 4.63. The minimum Gasteiger partial charge on any atom is -0.480 e. The van der Waals surface area contributed by atoms with E-state index < -0.39 is 47.9 Å². The van der Waals surface area contributed by atoms with Gasteiger partial charge in [-0.3, -0.25) is 14.4 Å². The maximum atomic E-state index is 13.3. The quantitative estimate of drug-likeness (QED) is 0.198. The van der Waals surface area contributed by atoms with E-state index in [0.29, 0.717) is 18.6 Å². The van der Waals surface area contributed by atoms with Crippen molar-refractivity contribution in [3.63, 3.8) is 0 Å². The van der Waals surface area contributed by atoms with Crippen LogP contribution in [0.1, 0.15) is 46.1 Å². The summed E-state index contributed by atoms with van der Waals surface area (Å²) in [7, 11) is 0. The molecular weight excluding hydrogens is 506 g/mol. The van der Waals surface area contributed by atoms with Gasteiger partial charge in [-0.15, -0.1) is 0 Å². The Bertz CT molecular complexity index is 1100. The van der Waals surface area contributed by atoms with Crippen LogP contribution in [0.4, 0.5) is 0 Å². The van der Waals surface area contributed by atoms with Crippen LogP contribution in [0.3, 0.4) is 0 Å². The lowest BCUT2D eigenvalue weighted by Crippen LogP contribution is -2.59. The minimum atomic E-state index is -1.19. The second kappa shape index (κ2) is 14.8. The van der Waals surface area contributed by atoms with Crippen molar-refractivity contribution in [3.05, 3.63) is 36.0 Å². The normalized spacial score (nSPS) is 15.3. The predicted molar refractivity (Wildman–Crippen MR) is 151 cm³/mol. The van der Waals surface area contributed by atoms with Gasteiger partial charge in [0.05, 0.1) is 6.04 Å². The molecular formula is C27H41N5O5S. The predicted octanol–water partition coefficient (Wildman–Crippen LogP) is 2.03. The molecule has 0 spiro atoms. The number of thioether (sulfide) groups is 1. The van der Waals surface area contributed by atoms with E-state index in [0.717, 1.165) is 16.5 Å². The minimum absolute atomic E-state index is 0.0752. The van der Waals surface area contributed by atoms with E-state index in [1.165, 1.54) is 11.8 Å². The van der Waals surface area contributed by atoms with E-state index in [1.54, 1.807) is 6.20 Å². The molecule has 2 rings (SSSR count). The van der Waals surface area contributed by atoms with E-state index in [9.17, 15) is 24.3 Å². The first-order valence-electron chi connectivity index (χ1n) is 12.9. The summed E-state index contributed by atoms with van der Waals surface area (Å²) in [5.41, 5.74) is 7.59. The van der Waals surface area contributed by atoms with Gasteiger partial charge < -0.3 is 31.8 Å². The van der Waals surface area contributed by atoms with Crippen molar-refractivity contribution >= 4 is 46.4 Å². The molecule has 0 aliphatic heterocycles. The Morgan fingerprint density at radius 2 is 1.66 bits per heavy atom. The first-order chi connectivity index (χ1) is 18.0. The molecule has 0 radical (unpaired) electrons. The fraction of sp³-hybridized carbons (Fsp3) is 0.556. The first kappa shape index (κ1) is 31.2. The van der Waals surface area contributed by atoms with Gasteiger partial charge >= 0.3 is 5.97 Å². The van der Waals surface area contributed by atoms with Crippen molar-refractivity contribution in [2.24, 2.45) is 17.6 Å². The van der Waals surface area contributed by atoms with Gasteiger partial charge in [0.2, 0.25) is 17.7 Å². The highest BCUT2D eigenvalue weighted by molar-refractivity contribution is 7.98. The lowest BCUT2D eigenvalue weighted by atomic mass is 9.96. The molecule has 1 aromatic heterocycles. The van der Waals surface area contributed by atoms with Crippen LogP contribution in [-0.2, 0) is 25.6 Å². The highest BCUT2D eigenvalue weighted by Gasteiger charge is 2.33. The van der Waals surface area contributed by atoms with Crippen molar-refractivity contribution < 1.29 is 24.3 Å². The van der Waals surface area contributed by atoms with Gasteiger partial charge in [-0.25, -0.2) is 4.79 Å². The Labute approximate surface area is 228 Å². The molecule has 210 valence electrons. The van der Waals surface area contributed by atoms with E-state index in [1.807, 2.05) is 58.2 Å². The average Bonchev–Trinajstić information content (AvgIpc) is 3.30. The van der Waals surface area contributed by atoms with Gasteiger partial charge in [0.1, 0.15) is 18.1 Å². The van der Waals surface area contributed by atoms with Crippen LogP contribution < -0.4 is 21.7 Å². The Morgan fingerprint density at radius 1 is 1.00 bits per heavy atom. The number of fused-ring (bicyclic) bond motifs is 1. The molecule has 11 heteroatoms. The number of H-pyrrole nitrogens is 1. The van der Waals surface area contributed by atoms with Crippen LogP contribution in [0.5, 0.6) is 0 Å². The molecule has 5 atom stereocenters. The van der Waals surface area contributed by atoms with Crippen molar-refractivity contribution in [2.45, 2.75) is 71.1 Å². The van der Waals surface area contributed by atoms with Crippen molar-refractivity contribution in [1.82, 2.24) is 20.9 Å². The second-order valence-corrected chi connectivity index (χ2v) is 10.9. The van der Waals surface area contributed by atoms with Crippen molar-refractivity contribution in [3.8, 4) is 0 Å². The van der Waals surface area contributed by atoms with E-state index >= 15 is 0 Å². The number of carbonyl (C=O) groups excluding carboxylic acids is 3. The maximum Gasteiger partial charge on any atom is 0.326 e.